The second kappa shape index (κ2) is 5.32. The molecule has 2 unspecified atom stereocenters. The minimum absolute atomic E-state index is 0.188. The number of hydrogen-bond acceptors (Lipinski definition) is 4. The van der Waals surface area contributed by atoms with Crippen molar-refractivity contribution in [1.29, 1.82) is 0 Å². The largest absolute Gasteiger partial charge is 0.497 e. The quantitative estimate of drug-likeness (QED) is 0.865. The molecule has 108 valence electrons. The van der Waals surface area contributed by atoms with Crippen LogP contribution in [0.1, 0.15) is 29.6 Å². The fourth-order valence-corrected chi connectivity index (χ4v) is 2.81. The molecule has 2 N–H and O–H groups in total. The summed E-state index contributed by atoms with van der Waals surface area (Å²) in [6, 6.07) is 5.17. The Balaban J connectivity index is 1.82. The first-order valence-electron chi connectivity index (χ1n) is 6.98. The maximum Gasteiger partial charge on any atom is 0.337 e. The van der Waals surface area contributed by atoms with Crippen LogP contribution in [0.3, 0.4) is 0 Å². The van der Waals surface area contributed by atoms with E-state index in [1.54, 1.807) is 25.3 Å². The third kappa shape index (κ3) is 2.58. The minimum Gasteiger partial charge on any atom is -0.497 e. The lowest BCUT2D eigenvalue weighted by atomic mass is 10.0. The highest BCUT2D eigenvalue weighted by Gasteiger charge is 2.40. The van der Waals surface area contributed by atoms with Crippen molar-refractivity contribution in [3.05, 3.63) is 23.8 Å². The number of anilines is 1. The highest BCUT2D eigenvalue weighted by Crippen LogP contribution is 2.40. The van der Waals surface area contributed by atoms with Gasteiger partial charge >= 0.3 is 5.97 Å². The molecule has 1 saturated carbocycles. The molecule has 20 heavy (non-hydrogen) atoms. The summed E-state index contributed by atoms with van der Waals surface area (Å²) < 4.78 is 11.0. The summed E-state index contributed by atoms with van der Waals surface area (Å²) in [6.07, 6.45) is 3.56. The molecule has 0 radical (unpaired) electrons. The molecule has 1 aromatic rings. The molecule has 5 heteroatoms. The molecule has 2 fully saturated rings. The van der Waals surface area contributed by atoms with E-state index in [2.05, 4.69) is 5.32 Å². The van der Waals surface area contributed by atoms with Gasteiger partial charge in [0.25, 0.3) is 0 Å². The van der Waals surface area contributed by atoms with E-state index in [-0.39, 0.29) is 17.7 Å². The van der Waals surface area contributed by atoms with Crippen LogP contribution in [0.25, 0.3) is 0 Å². The summed E-state index contributed by atoms with van der Waals surface area (Å²) in [6.45, 7) is 0.741. The first-order valence-corrected chi connectivity index (χ1v) is 6.98. The van der Waals surface area contributed by atoms with E-state index in [1.165, 1.54) is 12.8 Å². The van der Waals surface area contributed by atoms with Gasteiger partial charge in [0.1, 0.15) is 5.75 Å². The molecule has 1 saturated heterocycles. The van der Waals surface area contributed by atoms with Gasteiger partial charge in [-0.05, 0) is 37.3 Å². The maximum absolute atomic E-state index is 11.3. The van der Waals surface area contributed by atoms with E-state index in [0.717, 1.165) is 13.0 Å². The lowest BCUT2D eigenvalue weighted by Crippen LogP contribution is -2.31. The second-order valence-electron chi connectivity index (χ2n) is 5.43. The Morgan fingerprint density at radius 2 is 2.20 bits per heavy atom. The van der Waals surface area contributed by atoms with Gasteiger partial charge in [-0.15, -0.1) is 0 Å². The molecular formula is C15H19NO4. The van der Waals surface area contributed by atoms with Gasteiger partial charge in [-0.2, -0.15) is 0 Å². The van der Waals surface area contributed by atoms with Gasteiger partial charge in [-0.3, -0.25) is 0 Å². The van der Waals surface area contributed by atoms with Crippen LogP contribution < -0.4 is 10.1 Å². The van der Waals surface area contributed by atoms with Crippen LogP contribution in [0.2, 0.25) is 0 Å². The number of carboxylic acids is 1. The van der Waals surface area contributed by atoms with Crippen LogP contribution >= 0.6 is 0 Å². The van der Waals surface area contributed by atoms with Crippen molar-refractivity contribution < 1.29 is 19.4 Å². The van der Waals surface area contributed by atoms with Gasteiger partial charge < -0.3 is 19.9 Å². The molecule has 5 nitrogen and oxygen atoms in total. The Morgan fingerprint density at radius 3 is 2.85 bits per heavy atom. The van der Waals surface area contributed by atoms with Crippen molar-refractivity contribution in [3.8, 4) is 5.75 Å². The third-order valence-electron chi connectivity index (χ3n) is 4.02. The van der Waals surface area contributed by atoms with E-state index in [0.29, 0.717) is 17.4 Å². The van der Waals surface area contributed by atoms with E-state index < -0.39 is 5.97 Å². The normalized spacial score (nSPS) is 25.4. The molecule has 2 aliphatic rings. The van der Waals surface area contributed by atoms with Gasteiger partial charge in [-0.1, -0.05) is 0 Å². The Labute approximate surface area is 117 Å². The number of aromatic carboxylic acids is 1. The zero-order chi connectivity index (χ0) is 14.1. The van der Waals surface area contributed by atoms with Crippen LogP contribution in [0.15, 0.2) is 18.2 Å². The zero-order valence-corrected chi connectivity index (χ0v) is 11.5. The van der Waals surface area contributed by atoms with Gasteiger partial charge in [0.2, 0.25) is 0 Å². The highest BCUT2D eigenvalue weighted by atomic mass is 16.5. The first kappa shape index (κ1) is 13.2. The number of benzene rings is 1. The van der Waals surface area contributed by atoms with E-state index in [1.807, 2.05) is 0 Å². The molecule has 0 spiro atoms. The Morgan fingerprint density at radius 1 is 1.40 bits per heavy atom. The molecular weight excluding hydrogens is 258 g/mol. The number of carboxylic acid groups (broad SMARTS) is 1. The average molecular weight is 277 g/mol. The zero-order valence-electron chi connectivity index (χ0n) is 11.5. The van der Waals surface area contributed by atoms with Crippen molar-refractivity contribution in [2.24, 2.45) is 5.92 Å². The third-order valence-corrected chi connectivity index (χ3v) is 4.02. The van der Waals surface area contributed by atoms with Gasteiger partial charge in [0.15, 0.2) is 0 Å². The van der Waals surface area contributed by atoms with Crippen molar-refractivity contribution in [2.45, 2.75) is 31.4 Å². The molecule has 1 aliphatic carbocycles. The molecule has 0 bridgehead atoms. The topological polar surface area (TPSA) is 67.8 Å². The van der Waals surface area contributed by atoms with Crippen LogP contribution in [0, 0.1) is 5.92 Å². The van der Waals surface area contributed by atoms with E-state index in [4.69, 9.17) is 9.47 Å². The fourth-order valence-electron chi connectivity index (χ4n) is 2.81. The lowest BCUT2D eigenvalue weighted by molar-refractivity contribution is 0.0697. The van der Waals surface area contributed by atoms with Gasteiger partial charge in [0, 0.05) is 12.7 Å². The predicted molar refractivity (Wildman–Crippen MR) is 74.4 cm³/mol. The summed E-state index contributed by atoms with van der Waals surface area (Å²) >= 11 is 0. The Hall–Kier alpha value is -1.75. The molecule has 1 heterocycles. The molecule has 3 rings (SSSR count). The number of methoxy groups -OCH3 is 1. The molecule has 0 aromatic heterocycles. The summed E-state index contributed by atoms with van der Waals surface area (Å²) in [4.78, 5) is 11.3. The predicted octanol–water partition coefficient (Wildman–Crippen LogP) is 2.37. The maximum atomic E-state index is 11.3. The Kier molecular flexibility index (Phi) is 3.53. The number of ether oxygens (including phenoxy) is 2. The van der Waals surface area contributed by atoms with Crippen LogP contribution in [-0.2, 0) is 4.74 Å². The Bertz CT molecular complexity index is 513. The highest BCUT2D eigenvalue weighted by molar-refractivity contribution is 5.94. The second-order valence-corrected chi connectivity index (χ2v) is 5.43. The molecule has 1 aliphatic heterocycles. The summed E-state index contributed by atoms with van der Waals surface area (Å²) in [7, 11) is 1.57. The van der Waals surface area contributed by atoms with Gasteiger partial charge in [0.05, 0.1) is 30.5 Å². The number of rotatable bonds is 5. The number of nitrogens with one attached hydrogen (secondary N) is 1. The van der Waals surface area contributed by atoms with E-state index in [9.17, 15) is 9.90 Å². The number of carbonyl (C=O) groups is 1. The number of hydrogen-bond donors (Lipinski definition) is 2. The SMILES string of the molecule is COc1ccc(C(=O)O)c(NC2CCOC2C2CC2)c1. The van der Waals surface area contributed by atoms with Crippen LogP contribution in [0.4, 0.5) is 5.69 Å². The molecule has 0 amide bonds. The van der Waals surface area contributed by atoms with Crippen molar-refractivity contribution >= 4 is 11.7 Å². The summed E-state index contributed by atoms with van der Waals surface area (Å²) in [5.41, 5.74) is 0.880. The van der Waals surface area contributed by atoms with E-state index >= 15 is 0 Å². The van der Waals surface area contributed by atoms with Crippen molar-refractivity contribution in [1.82, 2.24) is 0 Å². The summed E-state index contributed by atoms with van der Waals surface area (Å²) in [5.74, 6) is 0.352. The van der Waals surface area contributed by atoms with Crippen LogP contribution in [-0.4, -0.2) is 36.9 Å². The van der Waals surface area contributed by atoms with Crippen molar-refractivity contribution in [3.63, 3.8) is 0 Å². The smallest absolute Gasteiger partial charge is 0.337 e. The molecule has 1 aromatic carbocycles. The molecule has 2 atom stereocenters. The fraction of sp³-hybridized carbons (Fsp3) is 0.533. The average Bonchev–Trinajstić information content (AvgIpc) is 3.19. The van der Waals surface area contributed by atoms with Gasteiger partial charge in [-0.25, -0.2) is 4.79 Å². The summed E-state index contributed by atoms with van der Waals surface area (Å²) in [5, 5.41) is 12.6. The van der Waals surface area contributed by atoms with Crippen LogP contribution in [0.5, 0.6) is 5.75 Å². The van der Waals surface area contributed by atoms with Crippen molar-refractivity contribution in [2.75, 3.05) is 19.0 Å². The monoisotopic (exact) mass is 277 g/mol. The standard InChI is InChI=1S/C15H19NO4/c1-19-10-4-5-11(15(17)18)13(8-10)16-12-6-7-20-14(12)9-2-3-9/h4-5,8-9,12,14,16H,2-3,6-7H2,1H3,(H,17,18). The first-order chi connectivity index (χ1) is 9.69. The minimum atomic E-state index is -0.933. The lowest BCUT2D eigenvalue weighted by Gasteiger charge is -2.22.